The van der Waals surface area contributed by atoms with Gasteiger partial charge in [-0.05, 0) is 44.5 Å². The van der Waals surface area contributed by atoms with E-state index in [-0.39, 0.29) is 12.1 Å². The zero-order chi connectivity index (χ0) is 13.9. The van der Waals surface area contributed by atoms with Crippen molar-refractivity contribution >= 4 is 11.7 Å². The second-order valence-corrected chi connectivity index (χ2v) is 5.37. The number of carboxylic acid groups (broad SMARTS) is 1. The van der Waals surface area contributed by atoms with Crippen molar-refractivity contribution in [2.75, 3.05) is 25.0 Å². The summed E-state index contributed by atoms with van der Waals surface area (Å²) >= 11 is 0. The Balaban J connectivity index is 1.93. The summed E-state index contributed by atoms with van der Waals surface area (Å²) in [5.41, 5.74) is 1.99. The molecule has 3 N–H and O–H groups in total. The predicted octanol–water partition coefficient (Wildman–Crippen LogP) is 1.49. The minimum absolute atomic E-state index is 0.000487. The highest BCUT2D eigenvalue weighted by molar-refractivity contribution is 5.69. The highest BCUT2D eigenvalue weighted by Gasteiger charge is 2.25. The van der Waals surface area contributed by atoms with Crippen LogP contribution in [0.5, 0.6) is 5.75 Å². The van der Waals surface area contributed by atoms with Gasteiger partial charge in [0.15, 0.2) is 0 Å². The van der Waals surface area contributed by atoms with E-state index in [9.17, 15) is 4.79 Å². The first-order valence-corrected chi connectivity index (χ1v) is 6.45. The molecule has 0 aliphatic carbocycles. The molecule has 5 heteroatoms. The fraction of sp³-hybridized carbons (Fsp3) is 0.500. The number of hydrogen-bond acceptors (Lipinski definition) is 4. The summed E-state index contributed by atoms with van der Waals surface area (Å²) in [6.45, 7) is 5.53. The molecule has 0 atom stereocenters. The number of hydrogen-bond donors (Lipinski definition) is 3. The number of carbonyl (C=O) groups is 1. The van der Waals surface area contributed by atoms with Gasteiger partial charge in [0.05, 0.1) is 18.8 Å². The lowest BCUT2D eigenvalue weighted by Crippen LogP contribution is -2.40. The molecule has 19 heavy (non-hydrogen) atoms. The van der Waals surface area contributed by atoms with E-state index in [1.807, 2.05) is 26.0 Å². The van der Waals surface area contributed by atoms with Gasteiger partial charge in [-0.3, -0.25) is 4.79 Å². The van der Waals surface area contributed by atoms with E-state index in [2.05, 4.69) is 16.7 Å². The van der Waals surface area contributed by atoms with E-state index in [0.717, 1.165) is 30.0 Å². The molecule has 0 saturated heterocycles. The Morgan fingerprint density at radius 3 is 3.05 bits per heavy atom. The Hall–Kier alpha value is -1.75. The molecular weight excluding hydrogens is 244 g/mol. The minimum atomic E-state index is -0.831. The van der Waals surface area contributed by atoms with Gasteiger partial charge < -0.3 is 20.5 Å². The number of aliphatic carboxylic acids is 1. The average Bonchev–Trinajstić information content (AvgIpc) is 2.33. The highest BCUT2D eigenvalue weighted by atomic mass is 16.5. The Bertz CT molecular complexity index is 472. The summed E-state index contributed by atoms with van der Waals surface area (Å²) < 4.78 is 5.88. The predicted molar refractivity (Wildman–Crippen MR) is 73.8 cm³/mol. The van der Waals surface area contributed by atoms with Crippen LogP contribution in [0.2, 0.25) is 0 Å². The van der Waals surface area contributed by atoms with Gasteiger partial charge in [0.25, 0.3) is 0 Å². The number of carboxylic acids is 1. The van der Waals surface area contributed by atoms with Gasteiger partial charge in [-0.2, -0.15) is 0 Å². The molecule has 1 aliphatic heterocycles. The van der Waals surface area contributed by atoms with Crippen LogP contribution in [-0.2, 0) is 11.2 Å². The third kappa shape index (κ3) is 3.86. The molecule has 0 aromatic heterocycles. The summed E-state index contributed by atoms with van der Waals surface area (Å²) in [6, 6.07) is 6.05. The molecular formula is C14H20N2O3. The maximum atomic E-state index is 10.4. The van der Waals surface area contributed by atoms with Crippen molar-refractivity contribution in [3.05, 3.63) is 23.8 Å². The van der Waals surface area contributed by atoms with Crippen LogP contribution in [0, 0.1) is 0 Å². The van der Waals surface area contributed by atoms with Crippen LogP contribution in [-0.4, -0.2) is 36.3 Å². The summed E-state index contributed by atoms with van der Waals surface area (Å²) in [4.78, 5) is 10.4. The van der Waals surface area contributed by atoms with Crippen LogP contribution in [0.1, 0.15) is 19.4 Å². The first-order chi connectivity index (χ1) is 8.96. The summed E-state index contributed by atoms with van der Waals surface area (Å²) in [7, 11) is 0. The monoisotopic (exact) mass is 264 g/mol. The molecule has 0 spiro atoms. The van der Waals surface area contributed by atoms with Crippen molar-refractivity contribution in [3.63, 3.8) is 0 Å². The zero-order valence-corrected chi connectivity index (χ0v) is 11.3. The molecule has 0 radical (unpaired) electrons. The van der Waals surface area contributed by atoms with E-state index in [1.54, 1.807) is 0 Å². The Morgan fingerprint density at radius 1 is 1.53 bits per heavy atom. The smallest absolute Gasteiger partial charge is 0.317 e. The molecule has 0 unspecified atom stereocenters. The van der Waals surface area contributed by atoms with Gasteiger partial charge in [-0.1, -0.05) is 6.07 Å². The van der Waals surface area contributed by atoms with Crippen LogP contribution < -0.4 is 15.4 Å². The molecule has 1 aromatic carbocycles. The van der Waals surface area contributed by atoms with E-state index in [1.165, 1.54) is 0 Å². The van der Waals surface area contributed by atoms with Gasteiger partial charge in [0.2, 0.25) is 0 Å². The van der Waals surface area contributed by atoms with Gasteiger partial charge >= 0.3 is 5.97 Å². The molecule has 1 aromatic rings. The Morgan fingerprint density at radius 2 is 2.32 bits per heavy atom. The molecule has 0 bridgehead atoms. The van der Waals surface area contributed by atoms with Crippen LogP contribution in [0.25, 0.3) is 0 Å². The molecule has 0 fully saturated rings. The first kappa shape index (κ1) is 13.7. The summed E-state index contributed by atoms with van der Waals surface area (Å²) in [6.07, 6.45) is 0.797. The largest absolute Gasteiger partial charge is 0.484 e. The van der Waals surface area contributed by atoms with E-state index < -0.39 is 5.97 Å². The third-order valence-corrected chi connectivity index (χ3v) is 3.00. The molecule has 1 heterocycles. The number of nitrogens with one attached hydrogen (secondary N) is 2. The lowest BCUT2D eigenvalue weighted by Gasteiger charge is -2.33. The van der Waals surface area contributed by atoms with E-state index >= 15 is 0 Å². The maximum Gasteiger partial charge on any atom is 0.317 e. The molecule has 104 valence electrons. The van der Waals surface area contributed by atoms with Crippen molar-refractivity contribution < 1.29 is 14.6 Å². The molecule has 0 amide bonds. The highest BCUT2D eigenvalue weighted by Crippen LogP contribution is 2.33. The topological polar surface area (TPSA) is 70.6 Å². The number of fused-ring (bicyclic) bond motifs is 1. The molecule has 2 rings (SSSR count). The molecule has 1 aliphatic rings. The lowest BCUT2D eigenvalue weighted by atomic mass is 10.0. The number of anilines is 1. The van der Waals surface area contributed by atoms with Crippen LogP contribution in [0.15, 0.2) is 18.2 Å². The fourth-order valence-corrected chi connectivity index (χ4v) is 2.03. The van der Waals surface area contributed by atoms with Crippen molar-refractivity contribution in [1.29, 1.82) is 0 Å². The lowest BCUT2D eigenvalue weighted by molar-refractivity contribution is -0.135. The van der Waals surface area contributed by atoms with Crippen LogP contribution >= 0.6 is 0 Å². The van der Waals surface area contributed by atoms with Crippen molar-refractivity contribution in [3.8, 4) is 5.75 Å². The van der Waals surface area contributed by atoms with Gasteiger partial charge in [-0.25, -0.2) is 0 Å². The van der Waals surface area contributed by atoms with E-state index in [0.29, 0.717) is 6.54 Å². The maximum absolute atomic E-state index is 10.4. The normalized spacial score (nSPS) is 16.1. The van der Waals surface area contributed by atoms with Crippen molar-refractivity contribution in [1.82, 2.24) is 5.32 Å². The second kappa shape index (κ2) is 5.48. The second-order valence-electron chi connectivity index (χ2n) is 5.37. The summed E-state index contributed by atoms with van der Waals surface area (Å²) in [5, 5.41) is 14.8. The third-order valence-electron chi connectivity index (χ3n) is 3.00. The molecule has 0 saturated carbocycles. The van der Waals surface area contributed by atoms with Gasteiger partial charge in [-0.15, -0.1) is 0 Å². The van der Waals surface area contributed by atoms with Crippen LogP contribution in [0.3, 0.4) is 0 Å². The Labute approximate surface area is 113 Å². The Kier molecular flexibility index (Phi) is 3.95. The number of benzene rings is 1. The average molecular weight is 264 g/mol. The number of rotatable bonds is 5. The first-order valence-electron chi connectivity index (χ1n) is 6.45. The van der Waals surface area contributed by atoms with E-state index in [4.69, 9.17) is 9.84 Å². The van der Waals surface area contributed by atoms with Crippen molar-refractivity contribution in [2.45, 2.75) is 25.9 Å². The summed E-state index contributed by atoms with van der Waals surface area (Å²) in [5.74, 6) is 0.0428. The van der Waals surface area contributed by atoms with Crippen molar-refractivity contribution in [2.24, 2.45) is 0 Å². The zero-order valence-electron chi connectivity index (χ0n) is 11.3. The fourth-order valence-electron chi connectivity index (χ4n) is 2.03. The quantitative estimate of drug-likeness (QED) is 0.703. The van der Waals surface area contributed by atoms with Gasteiger partial charge in [0.1, 0.15) is 11.4 Å². The standard InChI is InChI=1S/C14H20N2O3/c1-14(2)9-16-11-7-10(3-4-12(11)19-14)5-6-15-8-13(17)18/h3-4,7,15-16H,5-6,8-9H2,1-2H3,(H,17,18). The van der Waals surface area contributed by atoms with Crippen LogP contribution in [0.4, 0.5) is 5.69 Å². The number of ether oxygens (including phenoxy) is 1. The van der Waals surface area contributed by atoms with Gasteiger partial charge in [0, 0.05) is 0 Å². The SMILES string of the molecule is CC1(C)CNc2cc(CCNCC(=O)O)ccc2O1. The minimum Gasteiger partial charge on any atom is -0.484 e. The molecule has 5 nitrogen and oxygen atoms in total.